The summed E-state index contributed by atoms with van der Waals surface area (Å²) in [5.41, 5.74) is 0. The minimum absolute atomic E-state index is 0.748. The molecule has 0 heterocycles. The van der Waals surface area contributed by atoms with Crippen molar-refractivity contribution in [2.75, 3.05) is 11.5 Å². The fraction of sp³-hybridized carbons (Fsp3) is 0.889. The number of hydrogen-bond acceptors (Lipinski definition) is 2. The second kappa shape index (κ2) is 8.47. The van der Waals surface area contributed by atoms with Crippen LogP contribution >= 0.6 is 42.3 Å². The molecule has 0 radical (unpaired) electrons. The molecular weight excluding hydrogens is 239 g/mol. The van der Waals surface area contributed by atoms with E-state index >= 15 is 0 Å². The predicted octanol–water partition coefficient (Wildman–Crippen LogP) is 4.95. The third-order valence-corrected chi connectivity index (χ3v) is 6.59. The van der Waals surface area contributed by atoms with E-state index in [0.29, 0.717) is 0 Å². The van der Waals surface area contributed by atoms with E-state index in [1.54, 1.807) is 0 Å². The van der Waals surface area contributed by atoms with Crippen LogP contribution in [0.15, 0.2) is 0 Å². The van der Waals surface area contributed by atoms with Crippen LogP contribution in [-0.4, -0.2) is 15.5 Å². The fourth-order valence-electron chi connectivity index (χ4n) is 0.566. The molecular formula is C9H18ClPS2. The van der Waals surface area contributed by atoms with Gasteiger partial charge in [-0.05, 0) is 11.8 Å². The number of rotatable bonds is 6. The van der Waals surface area contributed by atoms with Crippen LogP contribution in [-0.2, 0) is 0 Å². The van der Waals surface area contributed by atoms with Gasteiger partial charge in [0.2, 0.25) is 0 Å². The van der Waals surface area contributed by atoms with Gasteiger partial charge in [-0.3, -0.25) is 0 Å². The minimum Gasteiger partial charge on any atom is -0.113 e. The average Bonchev–Trinajstić information content (AvgIpc) is 2.04. The van der Waals surface area contributed by atoms with E-state index in [2.05, 4.69) is 27.7 Å². The lowest BCUT2D eigenvalue weighted by Crippen LogP contribution is -1.97. The van der Waals surface area contributed by atoms with Gasteiger partial charge in [-0.25, -0.2) is 0 Å². The number of thioether (sulfide) groups is 2. The molecule has 0 unspecified atom stereocenters. The van der Waals surface area contributed by atoms with E-state index in [1.807, 2.05) is 23.5 Å². The molecule has 0 aliphatic rings. The Morgan fingerprint density at radius 3 is 1.69 bits per heavy atom. The lowest BCUT2D eigenvalue weighted by molar-refractivity contribution is 0.751. The minimum atomic E-state index is 0.748. The monoisotopic (exact) mass is 256 g/mol. The summed E-state index contributed by atoms with van der Waals surface area (Å²) in [6, 6.07) is 0. The third kappa shape index (κ3) is 9.46. The highest BCUT2D eigenvalue weighted by molar-refractivity contribution is 8.44. The molecule has 0 bridgehead atoms. The molecule has 0 N–H and O–H groups in total. The maximum Gasteiger partial charge on any atom is 0.0792 e. The second-order valence-corrected chi connectivity index (χ2v) is 7.81. The molecule has 0 atom stereocenters. The van der Waals surface area contributed by atoms with Crippen molar-refractivity contribution in [1.29, 1.82) is 0 Å². The van der Waals surface area contributed by atoms with E-state index in [-0.39, 0.29) is 0 Å². The smallest absolute Gasteiger partial charge is 0.0792 e. The summed E-state index contributed by atoms with van der Waals surface area (Å²) in [6.45, 7) is 8.96. The highest BCUT2D eigenvalue weighted by Crippen LogP contribution is 2.28. The lowest BCUT2D eigenvalue weighted by atomic mass is 10.3. The van der Waals surface area contributed by atoms with Gasteiger partial charge in [0, 0.05) is 19.1 Å². The number of hydrogen-bond donors (Lipinski definition) is 0. The van der Waals surface area contributed by atoms with E-state index in [4.69, 9.17) is 11.2 Å². The molecule has 0 aliphatic heterocycles. The summed E-state index contributed by atoms with van der Waals surface area (Å²) < 4.78 is 1.35. The molecule has 78 valence electrons. The van der Waals surface area contributed by atoms with Crippen molar-refractivity contribution in [3.05, 3.63) is 0 Å². The van der Waals surface area contributed by atoms with Crippen LogP contribution in [0.2, 0.25) is 0 Å². The molecule has 0 fully saturated rings. The van der Waals surface area contributed by atoms with Crippen LogP contribution in [0.5, 0.6) is 0 Å². The summed E-state index contributed by atoms with van der Waals surface area (Å²) >= 11 is 9.64. The zero-order valence-corrected chi connectivity index (χ0v) is 12.0. The largest absolute Gasteiger partial charge is 0.113 e. The fourth-order valence-corrected chi connectivity index (χ4v) is 3.98. The van der Waals surface area contributed by atoms with Gasteiger partial charge in [0.05, 0.1) is 3.96 Å². The van der Waals surface area contributed by atoms with Crippen molar-refractivity contribution in [1.82, 2.24) is 0 Å². The zero-order chi connectivity index (χ0) is 10.3. The zero-order valence-electron chi connectivity index (χ0n) is 8.71. The molecule has 0 rings (SSSR count). The molecule has 0 amide bonds. The van der Waals surface area contributed by atoms with Crippen LogP contribution in [0.4, 0.5) is 0 Å². The van der Waals surface area contributed by atoms with Crippen LogP contribution in [0.25, 0.3) is 0 Å². The Hall–Kier alpha value is 1.16. The van der Waals surface area contributed by atoms with Gasteiger partial charge in [-0.1, -0.05) is 38.9 Å². The van der Waals surface area contributed by atoms with Crippen LogP contribution < -0.4 is 0 Å². The Labute approximate surface area is 97.2 Å². The summed E-state index contributed by atoms with van der Waals surface area (Å²) in [5.74, 6) is 3.86. The molecule has 4 heteroatoms. The van der Waals surface area contributed by atoms with Crippen LogP contribution in [0, 0.1) is 11.8 Å². The van der Waals surface area contributed by atoms with Gasteiger partial charge in [-0.2, -0.15) is 0 Å². The lowest BCUT2D eigenvalue weighted by Gasteiger charge is -2.08. The maximum atomic E-state index is 5.83. The van der Waals surface area contributed by atoms with Crippen molar-refractivity contribution < 1.29 is 0 Å². The van der Waals surface area contributed by atoms with Crippen molar-refractivity contribution in [3.8, 4) is 0 Å². The SMILES string of the molecule is CC(C)CSC(=PCl)SCC(C)C. The summed E-state index contributed by atoms with van der Waals surface area (Å²) in [5, 5.41) is 0. The molecule has 0 aliphatic carbocycles. The van der Waals surface area contributed by atoms with Crippen molar-refractivity contribution in [2.24, 2.45) is 11.8 Å². The molecule has 0 aromatic carbocycles. The van der Waals surface area contributed by atoms with Gasteiger partial charge in [0.15, 0.2) is 0 Å². The first-order valence-electron chi connectivity index (χ1n) is 4.50. The Kier molecular flexibility index (Phi) is 9.22. The van der Waals surface area contributed by atoms with E-state index in [0.717, 1.165) is 19.4 Å². The van der Waals surface area contributed by atoms with Gasteiger partial charge >= 0.3 is 0 Å². The number of halogens is 1. The maximum absolute atomic E-state index is 5.83. The summed E-state index contributed by atoms with van der Waals surface area (Å²) in [6.07, 6.45) is 0. The van der Waals surface area contributed by atoms with E-state index in [1.165, 1.54) is 15.5 Å². The van der Waals surface area contributed by atoms with Crippen molar-refractivity contribution in [2.45, 2.75) is 27.7 Å². The normalized spacial score (nSPS) is 11.6. The summed E-state index contributed by atoms with van der Waals surface area (Å²) in [7, 11) is 0.916. The van der Waals surface area contributed by atoms with Crippen molar-refractivity contribution >= 4 is 46.3 Å². The first kappa shape index (κ1) is 14.2. The van der Waals surface area contributed by atoms with Gasteiger partial charge in [0.1, 0.15) is 0 Å². The van der Waals surface area contributed by atoms with E-state index < -0.39 is 0 Å². The Morgan fingerprint density at radius 2 is 1.46 bits per heavy atom. The van der Waals surface area contributed by atoms with Crippen LogP contribution in [0.1, 0.15) is 27.7 Å². The third-order valence-electron chi connectivity index (χ3n) is 1.15. The highest BCUT2D eigenvalue weighted by Gasteiger charge is 2.03. The molecule has 0 spiro atoms. The molecule has 0 aromatic rings. The molecule has 0 nitrogen and oxygen atoms in total. The van der Waals surface area contributed by atoms with Crippen LogP contribution in [0.3, 0.4) is 0 Å². The molecule has 13 heavy (non-hydrogen) atoms. The predicted molar refractivity (Wildman–Crippen MR) is 72.4 cm³/mol. The quantitative estimate of drug-likeness (QED) is 0.617. The average molecular weight is 257 g/mol. The Morgan fingerprint density at radius 1 is 1.08 bits per heavy atom. The van der Waals surface area contributed by atoms with E-state index in [9.17, 15) is 0 Å². The summed E-state index contributed by atoms with van der Waals surface area (Å²) in [4.78, 5) is 0. The first-order valence-corrected chi connectivity index (χ1v) is 8.27. The Bertz CT molecular complexity index is 144. The van der Waals surface area contributed by atoms with Gasteiger partial charge in [-0.15, -0.1) is 23.5 Å². The molecule has 0 saturated carbocycles. The first-order chi connectivity index (χ1) is 6.06. The second-order valence-electron chi connectivity index (χ2n) is 3.76. The standard InChI is InChI=1S/C9H18ClPS2/c1-7(2)5-12-9(11-10)13-6-8(3)4/h7-8H,5-6H2,1-4H3. The van der Waals surface area contributed by atoms with Crippen molar-refractivity contribution in [3.63, 3.8) is 0 Å². The Balaban J connectivity index is 3.65. The molecule has 0 saturated heterocycles. The van der Waals surface area contributed by atoms with Gasteiger partial charge < -0.3 is 0 Å². The highest BCUT2D eigenvalue weighted by atomic mass is 35.7. The topological polar surface area (TPSA) is 0 Å². The molecule has 0 aromatic heterocycles. The van der Waals surface area contributed by atoms with Gasteiger partial charge in [0.25, 0.3) is 0 Å².